The van der Waals surface area contributed by atoms with E-state index in [4.69, 9.17) is 0 Å². The minimum absolute atomic E-state index is 0.0826. The minimum atomic E-state index is -0.187. The summed E-state index contributed by atoms with van der Waals surface area (Å²) in [6.07, 6.45) is 1.78. The van der Waals surface area contributed by atoms with Gasteiger partial charge in [-0.15, -0.1) is 0 Å². The largest absolute Gasteiger partial charge is 0.311 e. The van der Waals surface area contributed by atoms with Crippen molar-refractivity contribution in [3.8, 4) is 0 Å². The number of rotatable bonds is 5. The quantitative estimate of drug-likeness (QED) is 0.833. The van der Waals surface area contributed by atoms with Crippen molar-refractivity contribution in [2.24, 2.45) is 0 Å². The van der Waals surface area contributed by atoms with E-state index in [2.05, 4.69) is 9.80 Å². The zero-order chi connectivity index (χ0) is 17.8. The fourth-order valence-corrected chi connectivity index (χ4v) is 3.44. The van der Waals surface area contributed by atoms with E-state index in [0.717, 1.165) is 56.8 Å². The first kappa shape index (κ1) is 17.8. The second-order valence-corrected chi connectivity index (χ2v) is 7.00. The summed E-state index contributed by atoms with van der Waals surface area (Å²) in [4.78, 5) is 16.8. The van der Waals surface area contributed by atoms with Gasteiger partial charge in [0.2, 0.25) is 0 Å². The second kappa shape index (κ2) is 7.93. The van der Waals surface area contributed by atoms with Crippen molar-refractivity contribution in [3.63, 3.8) is 0 Å². The molecule has 0 saturated carbocycles. The Labute approximate surface area is 148 Å². The Morgan fingerprint density at radius 3 is 2.68 bits per heavy atom. The van der Waals surface area contributed by atoms with Crippen molar-refractivity contribution in [1.82, 2.24) is 14.4 Å². The summed E-state index contributed by atoms with van der Waals surface area (Å²) in [7, 11) is 4.04. The van der Waals surface area contributed by atoms with Crippen molar-refractivity contribution >= 4 is 0 Å². The third-order valence-corrected chi connectivity index (χ3v) is 4.82. The van der Waals surface area contributed by atoms with Gasteiger partial charge >= 0.3 is 0 Å². The van der Waals surface area contributed by atoms with Gasteiger partial charge in [0.25, 0.3) is 5.56 Å². The van der Waals surface area contributed by atoms with Gasteiger partial charge in [0.05, 0.1) is 0 Å². The summed E-state index contributed by atoms with van der Waals surface area (Å²) in [6.45, 7) is 4.13. The molecular weight excluding hydrogens is 317 g/mol. The highest BCUT2D eigenvalue weighted by Crippen LogP contribution is 2.17. The van der Waals surface area contributed by atoms with Crippen LogP contribution in [0.4, 0.5) is 4.39 Å². The molecule has 0 aliphatic carbocycles. The molecule has 5 heteroatoms. The van der Waals surface area contributed by atoms with Crippen molar-refractivity contribution < 1.29 is 4.39 Å². The first-order chi connectivity index (χ1) is 12.0. The lowest BCUT2D eigenvalue weighted by atomic mass is 10.1. The molecule has 0 atom stereocenters. The molecule has 0 fully saturated rings. The molecule has 0 saturated heterocycles. The molecule has 1 aliphatic heterocycles. The molecule has 4 nitrogen and oxygen atoms in total. The third-order valence-electron chi connectivity index (χ3n) is 4.82. The molecule has 3 rings (SSSR count). The maximum atomic E-state index is 13.4. The van der Waals surface area contributed by atoms with Crippen LogP contribution in [0, 0.1) is 5.82 Å². The zero-order valence-electron chi connectivity index (χ0n) is 15.0. The average molecular weight is 343 g/mol. The Morgan fingerprint density at radius 2 is 1.92 bits per heavy atom. The molecule has 0 N–H and O–H groups in total. The predicted molar refractivity (Wildman–Crippen MR) is 98.3 cm³/mol. The van der Waals surface area contributed by atoms with Gasteiger partial charge < -0.3 is 9.47 Å². The molecule has 2 heterocycles. The molecule has 25 heavy (non-hydrogen) atoms. The topological polar surface area (TPSA) is 28.5 Å². The molecule has 0 spiro atoms. The second-order valence-electron chi connectivity index (χ2n) is 7.00. The van der Waals surface area contributed by atoms with Crippen LogP contribution in [0.15, 0.2) is 41.2 Å². The molecule has 1 aromatic carbocycles. The SMILES string of the molecule is CN(C)CCn1c2c(ccc1=O)CCN(Cc1cccc(F)c1)CC2. The Balaban J connectivity index is 1.75. The number of hydrogen-bond donors (Lipinski definition) is 0. The Hall–Kier alpha value is -1.98. The minimum Gasteiger partial charge on any atom is -0.311 e. The van der Waals surface area contributed by atoms with E-state index in [9.17, 15) is 9.18 Å². The standard InChI is InChI=1S/C20H26FN3O/c1-22(2)12-13-24-19-9-11-23(10-8-17(19)6-7-20(24)25)15-16-4-3-5-18(21)14-16/h3-7,14H,8-13,15H2,1-2H3. The van der Waals surface area contributed by atoms with Crippen LogP contribution in [0.25, 0.3) is 0 Å². The smallest absolute Gasteiger partial charge is 0.250 e. The molecule has 134 valence electrons. The van der Waals surface area contributed by atoms with Crippen LogP contribution in [0.2, 0.25) is 0 Å². The van der Waals surface area contributed by atoms with Gasteiger partial charge in [-0.1, -0.05) is 18.2 Å². The fourth-order valence-electron chi connectivity index (χ4n) is 3.44. The van der Waals surface area contributed by atoms with Gasteiger partial charge in [-0.2, -0.15) is 0 Å². The van der Waals surface area contributed by atoms with Gasteiger partial charge in [-0.3, -0.25) is 9.69 Å². The van der Waals surface area contributed by atoms with Gasteiger partial charge in [0.15, 0.2) is 0 Å². The number of aromatic nitrogens is 1. The van der Waals surface area contributed by atoms with E-state index in [0.29, 0.717) is 0 Å². The van der Waals surface area contributed by atoms with Crippen LogP contribution in [0.5, 0.6) is 0 Å². The monoisotopic (exact) mass is 343 g/mol. The lowest BCUT2D eigenvalue weighted by Gasteiger charge is -2.20. The van der Waals surface area contributed by atoms with Gasteiger partial charge in [-0.25, -0.2) is 4.39 Å². The maximum absolute atomic E-state index is 13.4. The van der Waals surface area contributed by atoms with E-state index in [-0.39, 0.29) is 11.4 Å². The highest BCUT2D eigenvalue weighted by molar-refractivity contribution is 5.24. The fraction of sp³-hybridized carbons (Fsp3) is 0.450. The van der Waals surface area contributed by atoms with Gasteiger partial charge in [-0.05, 0) is 43.8 Å². The van der Waals surface area contributed by atoms with E-state index in [1.54, 1.807) is 18.2 Å². The number of fused-ring (bicyclic) bond motifs is 1. The Kier molecular flexibility index (Phi) is 5.66. The number of hydrogen-bond acceptors (Lipinski definition) is 3. The first-order valence-corrected chi connectivity index (χ1v) is 8.86. The molecule has 0 amide bonds. The lowest BCUT2D eigenvalue weighted by molar-refractivity contribution is 0.277. The summed E-state index contributed by atoms with van der Waals surface area (Å²) in [5, 5.41) is 0. The molecule has 0 unspecified atom stereocenters. The molecule has 1 aliphatic rings. The van der Waals surface area contributed by atoms with Gasteiger partial charge in [0.1, 0.15) is 5.82 Å². The van der Waals surface area contributed by atoms with Crippen molar-refractivity contribution in [2.75, 3.05) is 33.7 Å². The average Bonchev–Trinajstić information content (AvgIpc) is 2.76. The van der Waals surface area contributed by atoms with E-state index < -0.39 is 0 Å². The van der Waals surface area contributed by atoms with Crippen LogP contribution in [0.3, 0.4) is 0 Å². The van der Waals surface area contributed by atoms with Crippen LogP contribution in [-0.2, 0) is 25.9 Å². The van der Waals surface area contributed by atoms with Crippen molar-refractivity contribution in [1.29, 1.82) is 0 Å². The molecule has 2 aromatic rings. The molecule has 0 bridgehead atoms. The highest BCUT2D eigenvalue weighted by Gasteiger charge is 2.17. The lowest BCUT2D eigenvalue weighted by Crippen LogP contribution is -2.30. The van der Waals surface area contributed by atoms with Crippen LogP contribution < -0.4 is 5.56 Å². The Bertz CT molecular complexity index is 785. The Morgan fingerprint density at radius 1 is 1.12 bits per heavy atom. The summed E-state index contributed by atoms with van der Waals surface area (Å²) < 4.78 is 15.3. The highest BCUT2D eigenvalue weighted by atomic mass is 19.1. The van der Waals surface area contributed by atoms with Crippen LogP contribution in [0.1, 0.15) is 16.8 Å². The summed E-state index contributed by atoms with van der Waals surface area (Å²) in [6, 6.07) is 10.5. The number of pyridine rings is 1. The van der Waals surface area contributed by atoms with Crippen molar-refractivity contribution in [3.05, 3.63) is 69.4 Å². The summed E-state index contributed by atoms with van der Waals surface area (Å²) in [5.74, 6) is -0.187. The van der Waals surface area contributed by atoms with Gasteiger partial charge in [0, 0.05) is 50.9 Å². The molecular formula is C20H26FN3O. The maximum Gasteiger partial charge on any atom is 0.250 e. The number of likely N-dealkylation sites (N-methyl/N-ethyl adjacent to an activating group) is 1. The first-order valence-electron chi connectivity index (χ1n) is 8.86. The summed E-state index contributed by atoms with van der Waals surface area (Å²) in [5.41, 5.74) is 3.51. The summed E-state index contributed by atoms with van der Waals surface area (Å²) >= 11 is 0. The normalized spacial score (nSPS) is 15.2. The van der Waals surface area contributed by atoms with E-state index in [1.165, 1.54) is 11.6 Å². The number of benzene rings is 1. The van der Waals surface area contributed by atoms with Crippen LogP contribution in [-0.4, -0.2) is 48.1 Å². The van der Waals surface area contributed by atoms with Crippen LogP contribution >= 0.6 is 0 Å². The predicted octanol–water partition coefficient (Wildman–Crippen LogP) is 2.15. The van der Waals surface area contributed by atoms with E-state index in [1.807, 2.05) is 30.8 Å². The van der Waals surface area contributed by atoms with Crippen molar-refractivity contribution in [2.45, 2.75) is 25.9 Å². The van der Waals surface area contributed by atoms with E-state index >= 15 is 0 Å². The number of nitrogens with zero attached hydrogens (tertiary/aromatic N) is 3. The molecule has 0 radical (unpaired) electrons. The molecule has 1 aromatic heterocycles. The number of halogens is 1. The third kappa shape index (κ3) is 4.55. The zero-order valence-corrected chi connectivity index (χ0v) is 15.0.